The lowest BCUT2D eigenvalue weighted by atomic mass is 10.1. The van der Waals surface area contributed by atoms with E-state index in [1.807, 2.05) is 52.0 Å². The number of nitrogens with zero attached hydrogens (tertiary/aromatic N) is 3. The molecule has 2 aromatic carbocycles. The third-order valence-corrected chi connectivity index (χ3v) is 5.56. The van der Waals surface area contributed by atoms with Gasteiger partial charge in [-0.05, 0) is 59.5 Å². The second-order valence-electron chi connectivity index (χ2n) is 7.88. The zero-order valence-corrected chi connectivity index (χ0v) is 17.9. The second-order valence-corrected chi connectivity index (χ2v) is 7.88. The molecule has 6 nitrogen and oxygen atoms in total. The Morgan fingerprint density at radius 1 is 0.967 bits per heavy atom. The van der Waals surface area contributed by atoms with Crippen molar-refractivity contribution in [1.29, 1.82) is 0 Å². The minimum Gasteiger partial charge on any atom is -0.497 e. The molecule has 0 aliphatic carbocycles. The molecule has 4 rings (SSSR count). The van der Waals surface area contributed by atoms with Gasteiger partial charge in [0.1, 0.15) is 18.0 Å². The summed E-state index contributed by atoms with van der Waals surface area (Å²) in [4.78, 5) is 14.9. The molecule has 3 aromatic rings. The summed E-state index contributed by atoms with van der Waals surface area (Å²) in [6.07, 6.45) is 0. The fourth-order valence-corrected chi connectivity index (χ4v) is 3.83. The molecule has 0 fully saturated rings. The molecule has 1 aliphatic heterocycles. The fourth-order valence-electron chi connectivity index (χ4n) is 3.83. The molecule has 0 radical (unpaired) electrons. The van der Waals surface area contributed by atoms with Gasteiger partial charge in [0.05, 0.1) is 19.9 Å². The van der Waals surface area contributed by atoms with Crippen molar-refractivity contribution in [3.05, 3.63) is 65.4 Å². The number of amides is 1. The zero-order valence-electron chi connectivity index (χ0n) is 17.9. The lowest BCUT2D eigenvalue weighted by Gasteiger charge is -2.17. The predicted molar refractivity (Wildman–Crippen MR) is 116 cm³/mol. The summed E-state index contributed by atoms with van der Waals surface area (Å²) in [6.45, 7) is 5.70. The van der Waals surface area contributed by atoms with E-state index in [2.05, 4.69) is 19.9 Å². The zero-order chi connectivity index (χ0) is 21.3. The van der Waals surface area contributed by atoms with Crippen LogP contribution in [-0.2, 0) is 24.4 Å². The van der Waals surface area contributed by atoms with Gasteiger partial charge in [-0.3, -0.25) is 9.48 Å². The van der Waals surface area contributed by atoms with Crippen molar-refractivity contribution < 1.29 is 14.3 Å². The molecule has 0 saturated carbocycles. The molecule has 6 heteroatoms. The van der Waals surface area contributed by atoms with Crippen molar-refractivity contribution in [2.75, 3.05) is 14.2 Å². The van der Waals surface area contributed by atoms with Crippen molar-refractivity contribution in [3.8, 4) is 22.8 Å². The van der Waals surface area contributed by atoms with Crippen LogP contribution in [-0.4, -0.2) is 34.8 Å². The average molecular weight is 405 g/mol. The van der Waals surface area contributed by atoms with E-state index in [1.54, 1.807) is 14.2 Å². The molecule has 30 heavy (non-hydrogen) atoms. The van der Waals surface area contributed by atoms with Crippen molar-refractivity contribution in [1.82, 2.24) is 14.7 Å². The largest absolute Gasteiger partial charge is 0.497 e. The number of carbonyl (C=O) groups is 1. The molecule has 1 aliphatic rings. The van der Waals surface area contributed by atoms with Gasteiger partial charge in [0, 0.05) is 24.3 Å². The minimum absolute atomic E-state index is 0.0662. The number of fused-ring (bicyclic) bond motifs is 1. The van der Waals surface area contributed by atoms with Gasteiger partial charge in [-0.15, -0.1) is 0 Å². The Labute approximate surface area is 177 Å². The molecule has 0 bridgehead atoms. The van der Waals surface area contributed by atoms with Crippen LogP contribution in [0.15, 0.2) is 48.5 Å². The molecule has 1 aromatic heterocycles. The number of hydrogen-bond acceptors (Lipinski definition) is 4. The van der Waals surface area contributed by atoms with Gasteiger partial charge >= 0.3 is 0 Å². The van der Waals surface area contributed by atoms with Crippen LogP contribution in [0.2, 0.25) is 0 Å². The van der Waals surface area contributed by atoms with E-state index in [0.29, 0.717) is 13.1 Å². The number of methoxy groups -OCH3 is 2. The first-order valence-corrected chi connectivity index (χ1v) is 10.1. The standard InChI is InChI=1S/C24H27N3O3/c1-16(2)23-12-22(17-5-8-20(29-3)9-6-17)25-27(23)15-24(28)26-13-18-7-10-21(30-4)11-19(18)14-26/h5-12,16H,13-15H2,1-4H3. The summed E-state index contributed by atoms with van der Waals surface area (Å²) in [5.41, 5.74) is 5.24. The van der Waals surface area contributed by atoms with Crippen LogP contribution >= 0.6 is 0 Å². The Kier molecular flexibility index (Phi) is 5.48. The number of benzene rings is 2. The molecule has 1 amide bonds. The van der Waals surface area contributed by atoms with Gasteiger partial charge in [-0.2, -0.15) is 5.10 Å². The molecular formula is C24H27N3O3. The maximum absolute atomic E-state index is 13.1. The first-order chi connectivity index (χ1) is 14.5. The maximum Gasteiger partial charge on any atom is 0.244 e. The molecule has 2 heterocycles. The highest BCUT2D eigenvalue weighted by Crippen LogP contribution is 2.28. The number of aromatic nitrogens is 2. The summed E-state index contributed by atoms with van der Waals surface area (Å²) in [5.74, 6) is 1.96. The number of rotatable bonds is 6. The molecule has 0 atom stereocenters. The number of ether oxygens (including phenoxy) is 2. The van der Waals surface area contributed by atoms with Crippen molar-refractivity contribution >= 4 is 5.91 Å². The van der Waals surface area contributed by atoms with E-state index < -0.39 is 0 Å². The van der Waals surface area contributed by atoms with Crippen LogP contribution < -0.4 is 9.47 Å². The van der Waals surface area contributed by atoms with Gasteiger partial charge in [0.2, 0.25) is 5.91 Å². The smallest absolute Gasteiger partial charge is 0.244 e. The van der Waals surface area contributed by atoms with Crippen molar-refractivity contribution in [3.63, 3.8) is 0 Å². The maximum atomic E-state index is 13.1. The Bertz CT molecular complexity index is 1050. The van der Waals surface area contributed by atoms with E-state index in [9.17, 15) is 4.79 Å². The van der Waals surface area contributed by atoms with Crippen LogP contribution in [0.25, 0.3) is 11.3 Å². The first-order valence-electron chi connectivity index (χ1n) is 10.1. The van der Waals surface area contributed by atoms with Crippen LogP contribution in [0.1, 0.15) is 36.6 Å². The van der Waals surface area contributed by atoms with E-state index in [0.717, 1.165) is 34.0 Å². The predicted octanol–water partition coefficient (Wildman–Crippen LogP) is 4.23. The fraction of sp³-hybridized carbons (Fsp3) is 0.333. The van der Waals surface area contributed by atoms with Gasteiger partial charge < -0.3 is 14.4 Å². The highest BCUT2D eigenvalue weighted by molar-refractivity contribution is 5.77. The highest BCUT2D eigenvalue weighted by Gasteiger charge is 2.25. The van der Waals surface area contributed by atoms with E-state index in [1.165, 1.54) is 5.56 Å². The minimum atomic E-state index is 0.0662. The van der Waals surface area contributed by atoms with Gasteiger partial charge in [-0.1, -0.05) is 19.9 Å². The average Bonchev–Trinajstić information content (AvgIpc) is 3.37. The molecule has 0 unspecified atom stereocenters. The van der Waals surface area contributed by atoms with Crippen LogP contribution in [0.3, 0.4) is 0 Å². The highest BCUT2D eigenvalue weighted by atomic mass is 16.5. The third kappa shape index (κ3) is 3.90. The van der Waals surface area contributed by atoms with Crippen LogP contribution in [0.4, 0.5) is 0 Å². The van der Waals surface area contributed by atoms with Crippen molar-refractivity contribution in [2.45, 2.75) is 39.4 Å². The Hall–Kier alpha value is -3.28. The van der Waals surface area contributed by atoms with E-state index in [-0.39, 0.29) is 18.4 Å². The summed E-state index contributed by atoms with van der Waals surface area (Å²) >= 11 is 0. The normalized spacial score (nSPS) is 12.9. The Balaban J connectivity index is 1.53. The van der Waals surface area contributed by atoms with Crippen molar-refractivity contribution in [2.24, 2.45) is 0 Å². The molecular weight excluding hydrogens is 378 g/mol. The monoisotopic (exact) mass is 405 g/mol. The van der Waals surface area contributed by atoms with Crippen LogP contribution in [0.5, 0.6) is 11.5 Å². The third-order valence-electron chi connectivity index (χ3n) is 5.56. The second kappa shape index (κ2) is 8.22. The molecule has 0 spiro atoms. The summed E-state index contributed by atoms with van der Waals surface area (Å²) < 4.78 is 12.4. The Morgan fingerprint density at radius 2 is 1.63 bits per heavy atom. The molecule has 0 N–H and O–H groups in total. The first kappa shape index (κ1) is 20.0. The SMILES string of the molecule is COc1ccc(-c2cc(C(C)C)n(CC(=O)N3Cc4ccc(OC)cc4C3)n2)cc1. The number of carbonyl (C=O) groups excluding carboxylic acids is 1. The lowest BCUT2D eigenvalue weighted by molar-refractivity contribution is -0.132. The van der Waals surface area contributed by atoms with Gasteiger partial charge in [0.25, 0.3) is 0 Å². The van der Waals surface area contributed by atoms with Gasteiger partial charge in [0.15, 0.2) is 0 Å². The molecule has 156 valence electrons. The van der Waals surface area contributed by atoms with Crippen LogP contribution in [0, 0.1) is 0 Å². The molecule has 0 saturated heterocycles. The quantitative estimate of drug-likeness (QED) is 0.616. The summed E-state index contributed by atoms with van der Waals surface area (Å²) in [5, 5.41) is 4.75. The summed E-state index contributed by atoms with van der Waals surface area (Å²) in [7, 11) is 3.31. The van der Waals surface area contributed by atoms with E-state index >= 15 is 0 Å². The topological polar surface area (TPSA) is 56.6 Å². The van der Waals surface area contributed by atoms with Gasteiger partial charge in [-0.25, -0.2) is 0 Å². The lowest BCUT2D eigenvalue weighted by Crippen LogP contribution is -2.30. The van der Waals surface area contributed by atoms with E-state index in [4.69, 9.17) is 14.6 Å². The Morgan fingerprint density at radius 3 is 2.30 bits per heavy atom. The summed E-state index contributed by atoms with van der Waals surface area (Å²) in [6, 6.07) is 15.9. The number of hydrogen-bond donors (Lipinski definition) is 0.